The van der Waals surface area contributed by atoms with Gasteiger partial charge in [0.25, 0.3) is 0 Å². The molecule has 0 saturated carbocycles. The van der Waals surface area contributed by atoms with Crippen molar-refractivity contribution in [2.75, 3.05) is 11.1 Å². The molecule has 4 heteroatoms. The second kappa shape index (κ2) is 5.27. The molecule has 0 aliphatic heterocycles. The van der Waals surface area contributed by atoms with Gasteiger partial charge < -0.3 is 11.1 Å². The molecule has 0 heterocycles. The number of nitrogen functional groups attached to an aromatic ring is 1. The van der Waals surface area contributed by atoms with Crippen LogP contribution < -0.4 is 11.1 Å². The summed E-state index contributed by atoms with van der Waals surface area (Å²) in [4.78, 5) is 0. The van der Waals surface area contributed by atoms with Gasteiger partial charge >= 0.3 is 0 Å². The van der Waals surface area contributed by atoms with Gasteiger partial charge in [-0.2, -0.15) is 0 Å². The lowest BCUT2D eigenvalue weighted by atomic mass is 10.1. The van der Waals surface area contributed by atoms with Crippen molar-refractivity contribution in [1.82, 2.24) is 0 Å². The zero-order valence-electron chi connectivity index (χ0n) is 10.0. The molecular weight excluding hydrogens is 251 g/mol. The van der Waals surface area contributed by atoms with Crippen molar-refractivity contribution in [2.24, 2.45) is 0 Å². The average molecular weight is 265 g/mol. The molecule has 0 aromatic heterocycles. The van der Waals surface area contributed by atoms with Crippen LogP contribution in [0.5, 0.6) is 0 Å². The molecule has 18 heavy (non-hydrogen) atoms. The van der Waals surface area contributed by atoms with E-state index in [2.05, 4.69) is 12.2 Å². The minimum atomic E-state index is -0.487. The van der Waals surface area contributed by atoms with Crippen LogP contribution in [0.25, 0.3) is 0 Å². The van der Waals surface area contributed by atoms with E-state index in [4.69, 9.17) is 17.3 Å². The molecule has 3 N–H and O–H groups in total. The van der Waals surface area contributed by atoms with Gasteiger partial charge in [0.15, 0.2) is 0 Å². The minimum absolute atomic E-state index is 0.0272. The monoisotopic (exact) mass is 264 g/mol. The number of halogens is 2. The second-order valence-electron chi connectivity index (χ2n) is 4.03. The Bertz CT molecular complexity index is 552. The van der Waals surface area contributed by atoms with Gasteiger partial charge in [-0.25, -0.2) is 4.39 Å². The number of anilines is 3. The Morgan fingerprint density at radius 3 is 2.50 bits per heavy atom. The maximum absolute atomic E-state index is 13.4. The lowest BCUT2D eigenvalue weighted by Crippen LogP contribution is -1.97. The Morgan fingerprint density at radius 1 is 1.22 bits per heavy atom. The molecule has 0 fully saturated rings. The lowest BCUT2D eigenvalue weighted by molar-refractivity contribution is 0.629. The Kier molecular flexibility index (Phi) is 3.72. The number of nitrogens with one attached hydrogen (secondary N) is 1. The van der Waals surface area contributed by atoms with Crippen LogP contribution in [0.2, 0.25) is 5.02 Å². The Balaban J connectivity index is 2.25. The molecule has 0 saturated heterocycles. The molecule has 0 aliphatic carbocycles. The van der Waals surface area contributed by atoms with E-state index in [9.17, 15) is 4.39 Å². The highest BCUT2D eigenvalue weighted by Gasteiger charge is 2.06. The van der Waals surface area contributed by atoms with Crippen LogP contribution in [0.4, 0.5) is 21.5 Å². The molecule has 2 aromatic rings. The minimum Gasteiger partial charge on any atom is -0.397 e. The van der Waals surface area contributed by atoms with E-state index >= 15 is 0 Å². The van der Waals surface area contributed by atoms with Crippen LogP contribution in [0, 0.1) is 5.82 Å². The number of hydrogen-bond donors (Lipinski definition) is 2. The van der Waals surface area contributed by atoms with Gasteiger partial charge in [-0.05, 0) is 30.2 Å². The Morgan fingerprint density at radius 2 is 1.89 bits per heavy atom. The highest BCUT2D eigenvalue weighted by Crippen LogP contribution is 2.28. The van der Waals surface area contributed by atoms with Crippen molar-refractivity contribution < 1.29 is 4.39 Å². The number of hydrogen-bond acceptors (Lipinski definition) is 2. The highest BCUT2D eigenvalue weighted by atomic mass is 35.5. The third-order valence-corrected chi connectivity index (χ3v) is 3.02. The van der Waals surface area contributed by atoms with Crippen LogP contribution in [-0.4, -0.2) is 0 Å². The fraction of sp³-hybridized carbons (Fsp3) is 0.143. The predicted octanol–water partition coefficient (Wildman–Crippen LogP) is 4.37. The molecule has 2 aromatic carbocycles. The van der Waals surface area contributed by atoms with Crippen LogP contribution in [-0.2, 0) is 6.42 Å². The standard InChI is InChI=1S/C14H14ClFN2/c1-2-9-3-5-10(6-4-9)18-14-8-12(16)11(15)7-13(14)17/h3-8,18H,2,17H2,1H3. The quantitative estimate of drug-likeness (QED) is 0.808. The summed E-state index contributed by atoms with van der Waals surface area (Å²) in [5.41, 5.74) is 8.82. The molecule has 0 radical (unpaired) electrons. The van der Waals surface area contributed by atoms with E-state index in [1.165, 1.54) is 17.7 Å². The van der Waals surface area contributed by atoms with E-state index < -0.39 is 5.82 Å². The van der Waals surface area contributed by atoms with E-state index in [0.29, 0.717) is 11.4 Å². The van der Waals surface area contributed by atoms with Gasteiger partial charge in [-0.3, -0.25) is 0 Å². The zero-order chi connectivity index (χ0) is 13.1. The Hall–Kier alpha value is -1.74. The third-order valence-electron chi connectivity index (χ3n) is 2.73. The van der Waals surface area contributed by atoms with Gasteiger partial charge in [0.2, 0.25) is 0 Å². The first kappa shape index (κ1) is 12.7. The summed E-state index contributed by atoms with van der Waals surface area (Å²) in [5.74, 6) is -0.487. The first-order valence-electron chi connectivity index (χ1n) is 5.70. The fourth-order valence-corrected chi connectivity index (χ4v) is 1.82. The summed E-state index contributed by atoms with van der Waals surface area (Å²) >= 11 is 5.65. The van der Waals surface area contributed by atoms with Crippen LogP contribution >= 0.6 is 11.6 Å². The van der Waals surface area contributed by atoms with Crippen molar-refractivity contribution in [1.29, 1.82) is 0 Å². The van der Waals surface area contributed by atoms with E-state index in [1.54, 1.807) is 0 Å². The second-order valence-corrected chi connectivity index (χ2v) is 4.44. The van der Waals surface area contributed by atoms with E-state index in [0.717, 1.165) is 12.1 Å². The summed E-state index contributed by atoms with van der Waals surface area (Å²) in [6.45, 7) is 2.09. The molecule has 0 amide bonds. The molecule has 0 bridgehead atoms. The normalized spacial score (nSPS) is 10.4. The zero-order valence-corrected chi connectivity index (χ0v) is 10.8. The topological polar surface area (TPSA) is 38.0 Å². The average Bonchev–Trinajstić information content (AvgIpc) is 2.37. The summed E-state index contributed by atoms with van der Waals surface area (Å²) in [6.07, 6.45) is 0.984. The van der Waals surface area contributed by atoms with Crippen LogP contribution in [0.3, 0.4) is 0 Å². The number of nitrogens with two attached hydrogens (primary N) is 1. The van der Waals surface area contributed by atoms with E-state index in [1.807, 2.05) is 24.3 Å². The number of aryl methyl sites for hydroxylation is 1. The predicted molar refractivity (Wildman–Crippen MR) is 74.9 cm³/mol. The first-order chi connectivity index (χ1) is 8.60. The summed E-state index contributed by atoms with van der Waals surface area (Å²) in [5, 5.41) is 3.10. The van der Waals surface area contributed by atoms with Gasteiger partial charge in [-0.15, -0.1) is 0 Å². The van der Waals surface area contributed by atoms with Crippen LogP contribution in [0.15, 0.2) is 36.4 Å². The summed E-state index contributed by atoms with van der Waals surface area (Å²) < 4.78 is 13.4. The molecule has 94 valence electrons. The molecule has 0 aliphatic rings. The van der Waals surface area contributed by atoms with Gasteiger partial charge in [-0.1, -0.05) is 30.7 Å². The van der Waals surface area contributed by atoms with Crippen LogP contribution in [0.1, 0.15) is 12.5 Å². The van der Waals surface area contributed by atoms with Crippen molar-refractivity contribution >= 4 is 28.7 Å². The Labute approximate surface area is 111 Å². The molecule has 0 spiro atoms. The van der Waals surface area contributed by atoms with Gasteiger partial charge in [0, 0.05) is 11.8 Å². The van der Waals surface area contributed by atoms with Gasteiger partial charge in [0.1, 0.15) is 5.82 Å². The van der Waals surface area contributed by atoms with Crippen molar-refractivity contribution in [3.63, 3.8) is 0 Å². The number of benzene rings is 2. The summed E-state index contributed by atoms with van der Waals surface area (Å²) in [7, 11) is 0. The molecular formula is C14H14ClFN2. The van der Waals surface area contributed by atoms with Gasteiger partial charge in [0.05, 0.1) is 16.4 Å². The SMILES string of the molecule is CCc1ccc(Nc2cc(F)c(Cl)cc2N)cc1. The lowest BCUT2D eigenvalue weighted by Gasteiger charge is -2.10. The third kappa shape index (κ3) is 2.74. The van der Waals surface area contributed by atoms with E-state index in [-0.39, 0.29) is 5.02 Å². The molecule has 2 rings (SSSR count). The maximum atomic E-state index is 13.4. The van der Waals surface area contributed by atoms with Crippen molar-refractivity contribution in [3.8, 4) is 0 Å². The fourth-order valence-electron chi connectivity index (χ4n) is 1.65. The smallest absolute Gasteiger partial charge is 0.144 e. The highest BCUT2D eigenvalue weighted by molar-refractivity contribution is 6.31. The first-order valence-corrected chi connectivity index (χ1v) is 6.08. The number of rotatable bonds is 3. The maximum Gasteiger partial charge on any atom is 0.144 e. The molecule has 0 atom stereocenters. The summed E-state index contributed by atoms with van der Waals surface area (Å²) in [6, 6.07) is 10.6. The molecule has 2 nitrogen and oxygen atoms in total. The largest absolute Gasteiger partial charge is 0.397 e. The molecule has 0 unspecified atom stereocenters. The van der Waals surface area contributed by atoms with Crippen molar-refractivity contribution in [2.45, 2.75) is 13.3 Å². The van der Waals surface area contributed by atoms with Crippen molar-refractivity contribution in [3.05, 3.63) is 52.8 Å².